The Morgan fingerprint density at radius 3 is 2.90 bits per heavy atom. The number of carboxylic acids is 1. The fourth-order valence-electron chi connectivity index (χ4n) is 4.10. The molecular weight excluding hydrogens is 586 g/mol. The van der Waals surface area contributed by atoms with Gasteiger partial charge in [0, 0.05) is 17.4 Å². The summed E-state index contributed by atoms with van der Waals surface area (Å²) in [5.74, 6) is -2.00. The summed E-state index contributed by atoms with van der Waals surface area (Å²) in [5, 5.41) is 14.8. The second-order valence-corrected chi connectivity index (χ2v) is 11.4. The van der Waals surface area contributed by atoms with Crippen LogP contribution in [0, 0.1) is 0 Å². The number of nitrogens with two attached hydrogens (primary N) is 2. The smallest absolute Gasteiger partial charge is 0.347 e. The molecular formula is C22H21ClN9O6S2+. The molecule has 3 atom stereocenters. The quantitative estimate of drug-likeness (QED) is 0.0709. The van der Waals surface area contributed by atoms with Crippen molar-refractivity contribution < 1.29 is 33.7 Å². The Kier molecular flexibility index (Phi) is 7.35. The fourth-order valence-corrected chi connectivity index (χ4v) is 6.38. The van der Waals surface area contributed by atoms with Crippen molar-refractivity contribution in [1.82, 2.24) is 25.2 Å². The van der Waals surface area contributed by atoms with Crippen LogP contribution in [0.25, 0.3) is 11.0 Å². The number of anilines is 2. The first-order valence-corrected chi connectivity index (χ1v) is 13.8. The van der Waals surface area contributed by atoms with Crippen LogP contribution in [0.15, 0.2) is 34.9 Å². The van der Waals surface area contributed by atoms with E-state index >= 15 is 0 Å². The molecule has 2 amide bonds. The maximum atomic E-state index is 13.2. The number of hydrogen-bond acceptors (Lipinski definition) is 12. The van der Waals surface area contributed by atoms with Crippen LogP contribution in [0.4, 0.5) is 11.1 Å². The lowest BCUT2D eigenvalue weighted by atomic mass is 10.0. The molecule has 18 heteroatoms. The summed E-state index contributed by atoms with van der Waals surface area (Å²) < 4.78 is 1.85. The molecule has 3 aromatic heterocycles. The van der Waals surface area contributed by atoms with Gasteiger partial charge in [0.1, 0.15) is 21.4 Å². The van der Waals surface area contributed by atoms with Crippen molar-refractivity contribution in [2.45, 2.75) is 31.0 Å². The molecule has 0 radical (unpaired) electrons. The summed E-state index contributed by atoms with van der Waals surface area (Å²) in [6.45, 7) is 1.55. The van der Waals surface area contributed by atoms with E-state index in [4.69, 9.17) is 33.0 Å². The summed E-state index contributed by atoms with van der Waals surface area (Å²) >= 11 is 8.39. The number of nitrogens with zero attached hydrogens (tertiary/aromatic N) is 5. The molecule has 5 rings (SSSR count). The topological polar surface area (TPSA) is 223 Å². The molecule has 0 saturated carbocycles. The van der Waals surface area contributed by atoms with E-state index < -0.39 is 41.0 Å². The molecule has 0 aromatic carbocycles. The zero-order chi connectivity index (χ0) is 28.7. The van der Waals surface area contributed by atoms with E-state index in [2.05, 4.69) is 25.4 Å². The third kappa shape index (κ3) is 5.05. The van der Waals surface area contributed by atoms with Crippen LogP contribution < -0.4 is 21.4 Å². The number of aromatic nitrogens is 4. The Morgan fingerprint density at radius 2 is 2.23 bits per heavy atom. The number of β-lactam (4-membered cyclic amide) rings is 1. The Morgan fingerprint density at radius 1 is 1.45 bits per heavy atom. The Balaban J connectivity index is 1.34. The first-order valence-electron chi connectivity index (χ1n) is 11.5. The minimum Gasteiger partial charge on any atom is -0.478 e. The van der Waals surface area contributed by atoms with Crippen LogP contribution in [-0.4, -0.2) is 78.0 Å². The van der Waals surface area contributed by atoms with Crippen LogP contribution in [0.5, 0.6) is 0 Å². The molecule has 208 valence electrons. The van der Waals surface area contributed by atoms with E-state index in [9.17, 15) is 19.2 Å². The highest BCUT2D eigenvalue weighted by atomic mass is 35.5. The summed E-state index contributed by atoms with van der Waals surface area (Å²) in [6.07, 6.45) is 2.82. The second kappa shape index (κ2) is 10.7. The number of aliphatic carboxylic acids is 1. The number of thiazole rings is 1. The molecule has 40 heavy (non-hydrogen) atoms. The van der Waals surface area contributed by atoms with E-state index in [1.165, 1.54) is 23.6 Å². The average Bonchev–Trinajstić information content (AvgIpc) is 3.45. The summed E-state index contributed by atoms with van der Waals surface area (Å²) in [7, 11) is 0. The largest absolute Gasteiger partial charge is 0.478 e. The lowest BCUT2D eigenvalue weighted by molar-refractivity contribution is -0.687. The van der Waals surface area contributed by atoms with Crippen LogP contribution in [0.1, 0.15) is 12.6 Å². The van der Waals surface area contributed by atoms with Gasteiger partial charge in [0.25, 0.3) is 11.8 Å². The number of rotatable bonds is 9. The number of thioether (sulfide) groups is 1. The number of pyridine rings is 1. The fraction of sp³-hybridized carbons (Fsp3) is 0.273. The van der Waals surface area contributed by atoms with Gasteiger partial charge in [0.05, 0.1) is 11.2 Å². The third-order valence-corrected chi connectivity index (χ3v) is 8.48. The number of aromatic amines is 1. The number of aldehydes is 1. The van der Waals surface area contributed by atoms with Crippen molar-refractivity contribution in [1.29, 1.82) is 0 Å². The van der Waals surface area contributed by atoms with Gasteiger partial charge in [-0.15, -0.1) is 11.8 Å². The molecule has 0 bridgehead atoms. The molecule has 2 unspecified atom stereocenters. The van der Waals surface area contributed by atoms with Gasteiger partial charge >= 0.3 is 5.97 Å². The zero-order valence-corrected chi connectivity index (χ0v) is 22.9. The molecule has 1 saturated heterocycles. The lowest BCUT2D eigenvalue weighted by Gasteiger charge is -2.49. The van der Waals surface area contributed by atoms with Gasteiger partial charge in [0.2, 0.25) is 6.10 Å². The minimum absolute atomic E-state index is 0.0237. The maximum Gasteiger partial charge on any atom is 0.347 e. The van der Waals surface area contributed by atoms with Crippen LogP contribution in [-0.2, 0) is 30.6 Å². The summed E-state index contributed by atoms with van der Waals surface area (Å²) in [5.41, 5.74) is 13.2. The van der Waals surface area contributed by atoms with E-state index in [1.807, 2.05) is 4.57 Å². The highest BCUT2D eigenvalue weighted by molar-refractivity contribution is 8.00. The first-order chi connectivity index (χ1) is 19.1. The number of imidazole rings is 1. The van der Waals surface area contributed by atoms with Gasteiger partial charge in [-0.2, -0.15) is 4.57 Å². The predicted octanol–water partition coefficient (Wildman–Crippen LogP) is -0.128. The number of halogens is 1. The van der Waals surface area contributed by atoms with Gasteiger partial charge in [-0.3, -0.25) is 19.3 Å². The Labute approximate surface area is 238 Å². The molecule has 0 spiro atoms. The van der Waals surface area contributed by atoms with E-state index in [0.29, 0.717) is 29.7 Å². The number of carbonyl (C=O) groups is 4. The van der Waals surface area contributed by atoms with Crippen LogP contribution in [0.2, 0.25) is 4.34 Å². The second-order valence-electron chi connectivity index (χ2n) is 8.71. The van der Waals surface area contributed by atoms with Gasteiger partial charge in [-0.1, -0.05) is 28.1 Å². The molecule has 7 N–H and O–H groups in total. The van der Waals surface area contributed by atoms with Gasteiger partial charge < -0.3 is 31.7 Å². The van der Waals surface area contributed by atoms with E-state index in [1.54, 1.807) is 18.5 Å². The van der Waals surface area contributed by atoms with E-state index in [0.717, 1.165) is 16.9 Å². The number of nitrogens with one attached hydrogen (secondary N) is 2. The number of fused-ring (bicyclic) bond motifs is 2. The molecule has 2 aliphatic heterocycles. The third-order valence-electron chi connectivity index (χ3n) is 6.06. The van der Waals surface area contributed by atoms with Crippen molar-refractivity contribution >= 4 is 86.6 Å². The first kappa shape index (κ1) is 27.4. The maximum absolute atomic E-state index is 13.2. The number of amides is 2. The SMILES string of the molecule is C[C@H](O/N=C(\C(=O)NC1C(=O)N2C(C=O)=C(C[n+]3ccc4[nH]c(N)nc4c3)CSC12)c1nc(N)sc1Cl)C(=O)O. The standard InChI is InChI=1S/C22H20ClN9O6S2/c1-8(20(36)37)38-30-14(13-16(23)40-22(25)29-13)17(34)28-15-18(35)32-12(6-33)9(7-39-19(15)32)4-31-3-2-10-11(5-31)27-21(24)26-10/h2-3,5-6,8,15,19H,4,7H2,1H3,(H6,24,25,27,28,29,34,36,37)/p+1/b30-14-/t8-,15?,19?/m0/s1. The molecule has 0 aliphatic carbocycles. The van der Waals surface area contributed by atoms with Crippen LogP contribution in [0.3, 0.4) is 0 Å². The average molecular weight is 607 g/mol. The van der Waals surface area contributed by atoms with Gasteiger partial charge in [-0.05, 0) is 6.92 Å². The molecule has 2 aliphatic rings. The number of allylic oxidation sites excluding steroid dienone is 1. The van der Waals surface area contributed by atoms with Crippen molar-refractivity contribution in [2.24, 2.45) is 5.16 Å². The van der Waals surface area contributed by atoms with Gasteiger partial charge in [0.15, 0.2) is 47.5 Å². The van der Waals surface area contributed by atoms with Crippen molar-refractivity contribution in [3.05, 3.63) is 39.8 Å². The van der Waals surface area contributed by atoms with Crippen LogP contribution >= 0.6 is 34.7 Å². The zero-order valence-electron chi connectivity index (χ0n) is 20.5. The Bertz CT molecular complexity index is 1620. The summed E-state index contributed by atoms with van der Waals surface area (Å²) in [4.78, 5) is 66.9. The number of carboxylic acid groups (broad SMARTS) is 1. The number of nitrogen functional groups attached to an aromatic ring is 2. The van der Waals surface area contributed by atoms with Crippen molar-refractivity contribution in [3.63, 3.8) is 0 Å². The van der Waals surface area contributed by atoms with E-state index in [-0.39, 0.29) is 26.8 Å². The molecule has 15 nitrogen and oxygen atoms in total. The number of hydrogen-bond donors (Lipinski definition) is 5. The van der Waals surface area contributed by atoms with Gasteiger partial charge in [-0.25, -0.2) is 14.8 Å². The predicted molar refractivity (Wildman–Crippen MR) is 145 cm³/mol. The number of carbonyl (C=O) groups excluding carboxylic acids is 3. The molecule has 5 heterocycles. The number of H-pyrrole nitrogens is 1. The monoisotopic (exact) mass is 606 g/mol. The normalized spacial score (nSPS) is 19.7. The lowest BCUT2D eigenvalue weighted by Crippen LogP contribution is -2.70. The minimum atomic E-state index is -1.38. The molecule has 3 aromatic rings. The van der Waals surface area contributed by atoms with Crippen molar-refractivity contribution in [2.75, 3.05) is 17.2 Å². The summed E-state index contributed by atoms with van der Waals surface area (Å²) in [6, 6.07) is 0.809. The Hall–Kier alpha value is -4.22. The van der Waals surface area contributed by atoms with Crippen molar-refractivity contribution in [3.8, 4) is 0 Å². The highest BCUT2D eigenvalue weighted by Gasteiger charge is 2.53. The molecule has 1 fully saturated rings. The number of oxime groups is 1. The highest BCUT2D eigenvalue weighted by Crippen LogP contribution is 2.39.